The van der Waals surface area contributed by atoms with Crippen molar-refractivity contribution in [2.75, 3.05) is 0 Å². The highest BCUT2D eigenvalue weighted by Gasteiger charge is 2.55. The number of hydrogen-bond donors (Lipinski definition) is 0. The van der Waals surface area contributed by atoms with Crippen LogP contribution in [0.2, 0.25) is 0 Å². The van der Waals surface area contributed by atoms with Gasteiger partial charge in [-0.15, -0.1) is 0 Å². The molecule has 0 amide bonds. The Hall–Kier alpha value is -1.64. The van der Waals surface area contributed by atoms with Crippen molar-refractivity contribution >= 4 is 11.7 Å². The highest BCUT2D eigenvalue weighted by Crippen LogP contribution is 2.65. The maximum Gasteiger partial charge on any atom is 0.312 e. The Morgan fingerprint density at radius 1 is 0.897 bits per heavy atom. The zero-order chi connectivity index (χ0) is 19.5. The van der Waals surface area contributed by atoms with E-state index >= 15 is 0 Å². The Morgan fingerprint density at radius 3 is 2.14 bits per heavy atom. The van der Waals surface area contributed by atoms with Gasteiger partial charge >= 0.3 is 5.97 Å². The van der Waals surface area contributed by atoms with Crippen LogP contribution in [-0.4, -0.2) is 17.3 Å². The van der Waals surface area contributed by atoms with Crippen molar-refractivity contribution < 1.29 is 9.53 Å². The summed E-state index contributed by atoms with van der Waals surface area (Å²) in [4.78, 5) is 17.9. The number of aliphatic imine (C=N–C) groups is 1. The fraction of sp³-hybridized carbons (Fsp3) is 0.692. The molecule has 0 aromatic heterocycles. The van der Waals surface area contributed by atoms with Gasteiger partial charge in [0.05, 0.1) is 18.2 Å². The molecule has 29 heavy (non-hydrogen) atoms. The van der Waals surface area contributed by atoms with Crippen molar-refractivity contribution in [1.82, 2.24) is 0 Å². The minimum Gasteiger partial charge on any atom is -0.453 e. The monoisotopic (exact) mass is 391 g/mol. The number of hydrogen-bond acceptors (Lipinski definition) is 3. The standard InChI is InChI=1S/C26H33NO2/c28-23-14-22(26(29-23)9-5-2-6-10-26)27-24(21-7-3-1-4-8-21)25-15-18-11-19(16-25)13-20(12-18)17-25/h1,3-4,7-8,18-20,24H,2,5-6,9-17H2/t18?,19?,20?,24-,25?/m1/s1. The average Bonchev–Trinajstić information content (AvgIpc) is 3.00. The van der Waals surface area contributed by atoms with Crippen molar-refractivity contribution in [1.29, 1.82) is 0 Å². The molecule has 0 radical (unpaired) electrons. The molecule has 1 saturated heterocycles. The van der Waals surface area contributed by atoms with E-state index in [0.717, 1.165) is 49.1 Å². The van der Waals surface area contributed by atoms with Crippen LogP contribution in [0.4, 0.5) is 0 Å². The van der Waals surface area contributed by atoms with E-state index in [0.29, 0.717) is 11.8 Å². The van der Waals surface area contributed by atoms with Crippen LogP contribution >= 0.6 is 0 Å². The lowest BCUT2D eigenvalue weighted by Gasteiger charge is -2.59. The van der Waals surface area contributed by atoms with Crippen molar-refractivity contribution in [2.45, 2.75) is 88.7 Å². The molecule has 154 valence electrons. The van der Waals surface area contributed by atoms with Gasteiger partial charge in [-0.1, -0.05) is 36.8 Å². The second-order valence-electron chi connectivity index (χ2n) is 10.9. The molecule has 7 rings (SSSR count). The molecule has 1 heterocycles. The summed E-state index contributed by atoms with van der Waals surface area (Å²) in [6.07, 6.45) is 14.2. The molecule has 1 aromatic carbocycles. The highest BCUT2D eigenvalue weighted by molar-refractivity contribution is 6.09. The Labute approximate surface area is 174 Å². The number of nitrogens with zero attached hydrogens (tertiary/aromatic N) is 1. The third kappa shape index (κ3) is 2.99. The van der Waals surface area contributed by atoms with E-state index in [1.54, 1.807) is 0 Å². The second-order valence-corrected chi connectivity index (χ2v) is 10.9. The van der Waals surface area contributed by atoms with Crippen molar-refractivity contribution in [2.24, 2.45) is 28.2 Å². The van der Waals surface area contributed by atoms with Crippen LogP contribution in [0.5, 0.6) is 0 Å². The SMILES string of the molecule is O=C1CC(=N[C@H](c2ccccc2)C23CC4CC(CC(C4)C2)C3)C2(CCCCC2)O1. The summed E-state index contributed by atoms with van der Waals surface area (Å²) in [5, 5.41) is 0. The fourth-order valence-corrected chi connectivity index (χ4v) is 8.16. The summed E-state index contributed by atoms with van der Waals surface area (Å²) >= 11 is 0. The third-order valence-corrected chi connectivity index (χ3v) is 8.87. The highest BCUT2D eigenvalue weighted by atomic mass is 16.6. The average molecular weight is 392 g/mol. The smallest absolute Gasteiger partial charge is 0.312 e. The van der Waals surface area contributed by atoms with E-state index < -0.39 is 0 Å². The number of rotatable bonds is 3. The van der Waals surface area contributed by atoms with E-state index in [9.17, 15) is 4.79 Å². The van der Waals surface area contributed by atoms with Crippen molar-refractivity contribution in [3.8, 4) is 0 Å². The van der Waals surface area contributed by atoms with Gasteiger partial charge < -0.3 is 4.74 Å². The summed E-state index contributed by atoms with van der Waals surface area (Å²) in [5.74, 6) is 2.65. The van der Waals surface area contributed by atoms with Crippen LogP contribution in [0.15, 0.2) is 35.3 Å². The van der Waals surface area contributed by atoms with Gasteiger partial charge in [0.25, 0.3) is 0 Å². The van der Waals surface area contributed by atoms with Crippen LogP contribution in [0.25, 0.3) is 0 Å². The molecule has 3 nitrogen and oxygen atoms in total. The molecular weight excluding hydrogens is 358 g/mol. The molecule has 0 unspecified atom stereocenters. The first kappa shape index (κ1) is 18.2. The Kier molecular flexibility index (Phi) is 4.18. The van der Waals surface area contributed by atoms with Crippen LogP contribution < -0.4 is 0 Å². The first-order valence-corrected chi connectivity index (χ1v) is 12.0. The Morgan fingerprint density at radius 2 is 1.52 bits per heavy atom. The lowest BCUT2D eigenvalue weighted by molar-refractivity contribution is -0.148. The first-order valence-electron chi connectivity index (χ1n) is 12.0. The zero-order valence-corrected chi connectivity index (χ0v) is 17.4. The fourth-order valence-electron chi connectivity index (χ4n) is 8.16. The van der Waals surface area contributed by atoms with Crippen LogP contribution in [0.1, 0.15) is 88.7 Å². The number of carbonyl (C=O) groups excluding carboxylic acids is 1. The largest absolute Gasteiger partial charge is 0.453 e. The maximum atomic E-state index is 12.4. The molecule has 1 aromatic rings. The van der Waals surface area contributed by atoms with Gasteiger partial charge in [0.2, 0.25) is 0 Å². The predicted molar refractivity (Wildman–Crippen MR) is 114 cm³/mol. The van der Waals surface area contributed by atoms with Crippen LogP contribution in [0, 0.1) is 23.2 Å². The van der Waals surface area contributed by atoms with Crippen molar-refractivity contribution in [3.63, 3.8) is 0 Å². The minimum absolute atomic E-state index is 0.0528. The summed E-state index contributed by atoms with van der Waals surface area (Å²) in [6.45, 7) is 0. The van der Waals surface area contributed by atoms with Crippen LogP contribution in [-0.2, 0) is 9.53 Å². The summed E-state index contributed by atoms with van der Waals surface area (Å²) in [6, 6.07) is 11.2. The van der Waals surface area contributed by atoms with Crippen LogP contribution in [0.3, 0.4) is 0 Å². The van der Waals surface area contributed by atoms with E-state index in [2.05, 4.69) is 30.3 Å². The molecule has 1 aliphatic heterocycles. The van der Waals surface area contributed by atoms with Gasteiger partial charge in [-0.25, -0.2) is 0 Å². The van der Waals surface area contributed by atoms with E-state index in [-0.39, 0.29) is 17.6 Å². The number of carbonyl (C=O) groups is 1. The summed E-state index contributed by atoms with van der Waals surface area (Å²) in [5.41, 5.74) is 2.34. The molecule has 1 atom stereocenters. The van der Waals surface area contributed by atoms with Gasteiger partial charge in [-0.05, 0) is 92.9 Å². The van der Waals surface area contributed by atoms with E-state index in [4.69, 9.17) is 9.73 Å². The summed E-state index contributed by atoms with van der Waals surface area (Å²) in [7, 11) is 0. The van der Waals surface area contributed by atoms with Gasteiger partial charge in [0, 0.05) is 0 Å². The second kappa shape index (κ2) is 6.68. The lowest BCUT2D eigenvalue weighted by Crippen LogP contribution is -2.49. The quantitative estimate of drug-likeness (QED) is 0.590. The normalized spacial score (nSPS) is 39.8. The van der Waals surface area contributed by atoms with Crippen molar-refractivity contribution in [3.05, 3.63) is 35.9 Å². The molecular formula is C26H33NO2. The number of benzene rings is 1. The molecule has 4 bridgehead atoms. The lowest BCUT2D eigenvalue weighted by atomic mass is 9.47. The molecule has 3 heteroatoms. The van der Waals surface area contributed by atoms with Gasteiger partial charge in [0.1, 0.15) is 0 Å². The van der Waals surface area contributed by atoms with Gasteiger partial charge in [-0.3, -0.25) is 9.79 Å². The summed E-state index contributed by atoms with van der Waals surface area (Å²) < 4.78 is 5.99. The molecule has 5 saturated carbocycles. The topological polar surface area (TPSA) is 38.7 Å². The first-order chi connectivity index (χ1) is 14.1. The van der Waals surface area contributed by atoms with E-state index in [1.807, 2.05) is 0 Å². The Bertz CT molecular complexity index is 785. The third-order valence-electron chi connectivity index (χ3n) is 8.87. The number of ether oxygens (including phenoxy) is 1. The van der Waals surface area contributed by atoms with Gasteiger partial charge in [-0.2, -0.15) is 0 Å². The van der Waals surface area contributed by atoms with Gasteiger partial charge in [0.15, 0.2) is 5.60 Å². The number of esters is 1. The molecule has 5 aliphatic carbocycles. The zero-order valence-electron chi connectivity index (χ0n) is 17.4. The molecule has 1 spiro atoms. The minimum atomic E-state index is -0.384. The van der Waals surface area contributed by atoms with E-state index in [1.165, 1.54) is 50.5 Å². The molecule has 0 N–H and O–H groups in total. The predicted octanol–water partition coefficient (Wildman–Crippen LogP) is 6.03. The molecule has 6 fully saturated rings. The Balaban J connectivity index is 1.44. The maximum absolute atomic E-state index is 12.4. The molecule has 6 aliphatic rings.